The first-order valence-corrected chi connectivity index (χ1v) is 11.4. The van der Waals surface area contributed by atoms with E-state index in [0.717, 1.165) is 30.6 Å². The molecule has 0 spiro atoms. The van der Waals surface area contributed by atoms with Gasteiger partial charge >= 0.3 is 0 Å². The van der Waals surface area contributed by atoms with E-state index in [-0.39, 0.29) is 5.91 Å². The van der Waals surface area contributed by atoms with E-state index in [9.17, 15) is 13.2 Å². The second-order valence-corrected chi connectivity index (χ2v) is 9.14. The second kappa shape index (κ2) is 9.56. The summed E-state index contributed by atoms with van der Waals surface area (Å²) in [4.78, 5) is 12.2. The van der Waals surface area contributed by atoms with Crippen LogP contribution in [0, 0.1) is 0 Å². The van der Waals surface area contributed by atoms with Crippen LogP contribution in [0.1, 0.15) is 31.2 Å². The Balaban J connectivity index is 1.92. The number of piperidine rings is 1. The van der Waals surface area contributed by atoms with Gasteiger partial charge in [-0.2, -0.15) is 16.1 Å². The summed E-state index contributed by atoms with van der Waals surface area (Å²) in [6.07, 6.45) is 5.54. The zero-order valence-corrected chi connectivity index (χ0v) is 16.2. The van der Waals surface area contributed by atoms with E-state index in [1.54, 1.807) is 40.3 Å². The lowest BCUT2D eigenvalue weighted by molar-refractivity contribution is -0.122. The van der Waals surface area contributed by atoms with Gasteiger partial charge < -0.3 is 11.1 Å². The van der Waals surface area contributed by atoms with Crippen LogP contribution >= 0.6 is 11.8 Å². The summed E-state index contributed by atoms with van der Waals surface area (Å²) in [6, 6.07) is 6.19. The van der Waals surface area contributed by atoms with Gasteiger partial charge in [-0.1, -0.05) is 18.6 Å². The SMILES string of the molecule is CSCCC(N)C(=O)NCc1ccc(S(=O)(=O)N2CCCCC2)cc1. The highest BCUT2D eigenvalue weighted by Crippen LogP contribution is 2.20. The number of benzene rings is 1. The molecule has 1 heterocycles. The Kier molecular flexibility index (Phi) is 7.74. The van der Waals surface area contributed by atoms with E-state index >= 15 is 0 Å². The fourth-order valence-corrected chi connectivity index (χ4v) is 4.74. The molecule has 1 aromatic carbocycles. The molecule has 2 rings (SSSR count). The molecule has 1 atom stereocenters. The Bertz CT molecular complexity index is 656. The predicted molar refractivity (Wildman–Crippen MR) is 102 cm³/mol. The molecule has 0 aromatic heterocycles. The van der Waals surface area contributed by atoms with Crippen molar-refractivity contribution in [2.24, 2.45) is 5.73 Å². The van der Waals surface area contributed by atoms with E-state index in [4.69, 9.17) is 5.73 Å². The largest absolute Gasteiger partial charge is 0.351 e. The number of carbonyl (C=O) groups is 1. The van der Waals surface area contributed by atoms with Gasteiger partial charge in [0.1, 0.15) is 0 Å². The van der Waals surface area contributed by atoms with Crippen LogP contribution in [-0.2, 0) is 21.4 Å². The molecule has 1 fully saturated rings. The highest BCUT2D eigenvalue weighted by atomic mass is 32.2. The molecule has 3 N–H and O–H groups in total. The van der Waals surface area contributed by atoms with Crippen molar-refractivity contribution in [1.82, 2.24) is 9.62 Å². The number of nitrogens with one attached hydrogen (secondary N) is 1. The third-order valence-corrected chi connectivity index (χ3v) is 6.87. The van der Waals surface area contributed by atoms with Crippen molar-refractivity contribution in [1.29, 1.82) is 0 Å². The van der Waals surface area contributed by atoms with Gasteiger partial charge in [-0.3, -0.25) is 4.79 Å². The van der Waals surface area contributed by atoms with Gasteiger partial charge in [0.2, 0.25) is 15.9 Å². The molecule has 1 aliphatic heterocycles. The van der Waals surface area contributed by atoms with Crippen molar-refractivity contribution >= 4 is 27.7 Å². The third-order valence-electron chi connectivity index (χ3n) is 4.31. The van der Waals surface area contributed by atoms with Gasteiger partial charge in [-0.15, -0.1) is 0 Å². The first-order chi connectivity index (χ1) is 11.9. The highest BCUT2D eigenvalue weighted by Gasteiger charge is 2.25. The Labute approximate surface area is 154 Å². The summed E-state index contributed by atoms with van der Waals surface area (Å²) in [5.74, 6) is 0.663. The molecule has 0 aliphatic carbocycles. The summed E-state index contributed by atoms with van der Waals surface area (Å²) in [7, 11) is -3.41. The number of hydrogen-bond acceptors (Lipinski definition) is 5. The van der Waals surface area contributed by atoms with Crippen LogP contribution in [0.4, 0.5) is 0 Å². The Morgan fingerprint density at radius 3 is 2.48 bits per heavy atom. The molecule has 140 valence electrons. The minimum atomic E-state index is -3.41. The zero-order valence-electron chi connectivity index (χ0n) is 14.6. The van der Waals surface area contributed by atoms with Crippen LogP contribution in [0.25, 0.3) is 0 Å². The average molecular weight is 386 g/mol. The standard InChI is InChI=1S/C17H27N3O3S2/c1-24-12-9-16(18)17(21)19-13-14-5-7-15(8-6-14)25(22,23)20-10-3-2-4-11-20/h5-8,16H,2-4,9-13,18H2,1H3,(H,19,21). The molecule has 25 heavy (non-hydrogen) atoms. The van der Waals surface area contributed by atoms with Crippen LogP contribution in [0.15, 0.2) is 29.2 Å². The molecule has 0 saturated carbocycles. The molecule has 1 unspecified atom stereocenters. The third kappa shape index (κ3) is 5.70. The quantitative estimate of drug-likeness (QED) is 0.708. The maximum absolute atomic E-state index is 12.6. The fourth-order valence-electron chi connectivity index (χ4n) is 2.73. The maximum atomic E-state index is 12.6. The summed E-state index contributed by atoms with van der Waals surface area (Å²) in [5.41, 5.74) is 6.67. The molecule has 0 radical (unpaired) electrons. The maximum Gasteiger partial charge on any atom is 0.243 e. The molecular formula is C17H27N3O3S2. The van der Waals surface area contributed by atoms with E-state index in [0.29, 0.717) is 31.0 Å². The fraction of sp³-hybridized carbons (Fsp3) is 0.588. The van der Waals surface area contributed by atoms with E-state index < -0.39 is 16.1 Å². The van der Waals surface area contributed by atoms with E-state index in [1.165, 1.54) is 0 Å². The first-order valence-electron chi connectivity index (χ1n) is 8.56. The van der Waals surface area contributed by atoms with Crippen molar-refractivity contribution in [3.8, 4) is 0 Å². The van der Waals surface area contributed by atoms with Crippen LogP contribution in [0.5, 0.6) is 0 Å². The van der Waals surface area contributed by atoms with E-state index in [1.807, 2.05) is 6.26 Å². The Morgan fingerprint density at radius 2 is 1.88 bits per heavy atom. The number of amides is 1. The van der Waals surface area contributed by atoms with Gasteiger partial charge in [-0.05, 0) is 49.0 Å². The molecule has 8 heteroatoms. The molecule has 1 aliphatic rings. The summed E-state index contributed by atoms with van der Waals surface area (Å²) in [5, 5.41) is 2.80. The van der Waals surface area contributed by atoms with Crippen LogP contribution in [-0.4, -0.2) is 49.8 Å². The normalized spacial score (nSPS) is 17.2. The zero-order chi connectivity index (χ0) is 18.3. The number of nitrogens with zero attached hydrogens (tertiary/aromatic N) is 1. The smallest absolute Gasteiger partial charge is 0.243 e. The predicted octanol–water partition coefficient (Wildman–Crippen LogP) is 1.56. The van der Waals surface area contributed by atoms with Crippen molar-refractivity contribution in [2.45, 2.75) is 43.2 Å². The summed E-state index contributed by atoms with van der Waals surface area (Å²) < 4.78 is 26.7. The summed E-state index contributed by atoms with van der Waals surface area (Å²) in [6.45, 7) is 1.53. The number of rotatable bonds is 8. The molecular weight excluding hydrogens is 358 g/mol. The number of hydrogen-bond donors (Lipinski definition) is 2. The van der Waals surface area contributed by atoms with Gasteiger partial charge in [0.25, 0.3) is 0 Å². The molecule has 1 aromatic rings. The van der Waals surface area contributed by atoms with Crippen LogP contribution < -0.4 is 11.1 Å². The summed E-state index contributed by atoms with van der Waals surface area (Å²) >= 11 is 1.66. The second-order valence-electron chi connectivity index (χ2n) is 6.21. The van der Waals surface area contributed by atoms with Gasteiger partial charge in [0.15, 0.2) is 0 Å². The number of thioether (sulfide) groups is 1. The molecule has 0 bridgehead atoms. The minimum absolute atomic E-state index is 0.181. The Hall–Kier alpha value is -1.09. The van der Waals surface area contributed by atoms with E-state index in [2.05, 4.69) is 5.32 Å². The number of sulfonamides is 1. The van der Waals surface area contributed by atoms with Crippen LogP contribution in [0.3, 0.4) is 0 Å². The number of carbonyl (C=O) groups excluding carboxylic acids is 1. The van der Waals surface area contributed by atoms with Crippen molar-refractivity contribution < 1.29 is 13.2 Å². The lowest BCUT2D eigenvalue weighted by Crippen LogP contribution is -2.40. The average Bonchev–Trinajstić information content (AvgIpc) is 2.65. The minimum Gasteiger partial charge on any atom is -0.351 e. The highest BCUT2D eigenvalue weighted by molar-refractivity contribution is 7.98. The van der Waals surface area contributed by atoms with Gasteiger partial charge in [0, 0.05) is 19.6 Å². The lowest BCUT2D eigenvalue weighted by Gasteiger charge is -2.25. The first kappa shape index (κ1) is 20.2. The molecule has 1 saturated heterocycles. The van der Waals surface area contributed by atoms with Crippen molar-refractivity contribution in [2.75, 3.05) is 25.1 Å². The van der Waals surface area contributed by atoms with Gasteiger partial charge in [0.05, 0.1) is 10.9 Å². The monoisotopic (exact) mass is 385 g/mol. The molecule has 6 nitrogen and oxygen atoms in total. The Morgan fingerprint density at radius 1 is 1.24 bits per heavy atom. The topological polar surface area (TPSA) is 92.5 Å². The van der Waals surface area contributed by atoms with Crippen molar-refractivity contribution in [3.63, 3.8) is 0 Å². The van der Waals surface area contributed by atoms with Crippen molar-refractivity contribution in [3.05, 3.63) is 29.8 Å². The lowest BCUT2D eigenvalue weighted by atomic mass is 10.2. The molecule has 1 amide bonds. The van der Waals surface area contributed by atoms with Crippen LogP contribution in [0.2, 0.25) is 0 Å². The van der Waals surface area contributed by atoms with Gasteiger partial charge in [-0.25, -0.2) is 8.42 Å². The number of nitrogens with two attached hydrogens (primary N) is 1.